The zero-order valence-electron chi connectivity index (χ0n) is 11.2. The summed E-state index contributed by atoms with van der Waals surface area (Å²) < 4.78 is 1.71. The van der Waals surface area contributed by atoms with Gasteiger partial charge in [-0.05, 0) is 30.2 Å². The predicted molar refractivity (Wildman–Crippen MR) is 84.8 cm³/mol. The van der Waals surface area contributed by atoms with Crippen molar-refractivity contribution in [1.29, 1.82) is 0 Å². The van der Waals surface area contributed by atoms with Crippen LogP contribution in [-0.4, -0.2) is 4.57 Å². The van der Waals surface area contributed by atoms with Gasteiger partial charge in [0, 0.05) is 25.4 Å². The van der Waals surface area contributed by atoms with Crippen molar-refractivity contribution in [2.45, 2.75) is 26.4 Å². The lowest BCUT2D eigenvalue weighted by molar-refractivity contribution is 0.655. The molecule has 0 aliphatic rings. The van der Waals surface area contributed by atoms with Crippen LogP contribution < -0.4 is 10.9 Å². The summed E-state index contributed by atoms with van der Waals surface area (Å²) in [6.45, 7) is 3.39. The van der Waals surface area contributed by atoms with Gasteiger partial charge in [-0.3, -0.25) is 4.79 Å². The molecule has 0 radical (unpaired) electrons. The summed E-state index contributed by atoms with van der Waals surface area (Å²) in [4.78, 5) is 11.6. The van der Waals surface area contributed by atoms with E-state index in [9.17, 15) is 4.79 Å². The molecule has 0 bridgehead atoms. The molecule has 0 aliphatic carbocycles. The number of anilines is 1. The van der Waals surface area contributed by atoms with Crippen LogP contribution in [0.25, 0.3) is 0 Å². The minimum Gasteiger partial charge on any atom is -0.380 e. The van der Waals surface area contributed by atoms with Crippen LogP contribution in [0.3, 0.4) is 0 Å². The Labute approximate surface area is 128 Å². The summed E-state index contributed by atoms with van der Waals surface area (Å²) >= 11 is 11.9. The van der Waals surface area contributed by atoms with E-state index in [0.717, 1.165) is 24.2 Å². The van der Waals surface area contributed by atoms with Crippen LogP contribution in [-0.2, 0) is 13.1 Å². The van der Waals surface area contributed by atoms with Crippen LogP contribution >= 0.6 is 23.2 Å². The van der Waals surface area contributed by atoms with Crippen molar-refractivity contribution in [3.05, 3.63) is 62.5 Å². The van der Waals surface area contributed by atoms with Gasteiger partial charge < -0.3 is 9.88 Å². The van der Waals surface area contributed by atoms with Gasteiger partial charge in [0.2, 0.25) is 0 Å². The van der Waals surface area contributed by atoms with Crippen molar-refractivity contribution in [2.75, 3.05) is 5.32 Å². The Balaban J connectivity index is 2.08. The topological polar surface area (TPSA) is 34.0 Å². The van der Waals surface area contributed by atoms with Crippen LogP contribution in [0, 0.1) is 0 Å². The third kappa shape index (κ3) is 3.78. The van der Waals surface area contributed by atoms with Gasteiger partial charge in [-0.25, -0.2) is 0 Å². The Bertz CT molecular complexity index is 653. The maximum atomic E-state index is 11.6. The number of pyridine rings is 1. The Hall–Kier alpha value is -1.45. The maximum Gasteiger partial charge on any atom is 0.250 e. The summed E-state index contributed by atoms with van der Waals surface area (Å²) in [5, 5.41) is 4.36. The molecule has 1 aromatic heterocycles. The van der Waals surface area contributed by atoms with Crippen LogP contribution in [0.5, 0.6) is 0 Å². The molecule has 0 fully saturated rings. The summed E-state index contributed by atoms with van der Waals surface area (Å²) in [5.74, 6) is 0. The van der Waals surface area contributed by atoms with Gasteiger partial charge in [0.25, 0.3) is 5.56 Å². The van der Waals surface area contributed by atoms with Gasteiger partial charge in [0.15, 0.2) is 0 Å². The smallest absolute Gasteiger partial charge is 0.250 e. The van der Waals surface area contributed by atoms with Crippen molar-refractivity contribution in [1.82, 2.24) is 4.57 Å². The Morgan fingerprint density at radius 2 is 1.95 bits per heavy atom. The number of aryl methyl sites for hydroxylation is 1. The maximum absolute atomic E-state index is 11.6. The number of benzene rings is 1. The first-order valence-electron chi connectivity index (χ1n) is 6.48. The molecule has 106 valence electrons. The molecule has 20 heavy (non-hydrogen) atoms. The van der Waals surface area contributed by atoms with E-state index in [1.54, 1.807) is 22.8 Å². The quantitative estimate of drug-likeness (QED) is 0.899. The Morgan fingerprint density at radius 3 is 2.65 bits per heavy atom. The number of rotatable bonds is 5. The first-order valence-corrected chi connectivity index (χ1v) is 7.24. The third-order valence-electron chi connectivity index (χ3n) is 2.93. The fourth-order valence-corrected chi connectivity index (χ4v) is 2.23. The average molecular weight is 311 g/mol. The van der Waals surface area contributed by atoms with Gasteiger partial charge in [0.05, 0.1) is 15.7 Å². The minimum absolute atomic E-state index is 0.0203. The predicted octanol–water partition coefficient (Wildman–Crippen LogP) is 4.18. The first-order chi connectivity index (χ1) is 9.60. The highest BCUT2D eigenvalue weighted by molar-refractivity contribution is 6.42. The minimum atomic E-state index is 0.0203. The molecule has 1 heterocycles. The zero-order valence-corrected chi connectivity index (χ0v) is 12.7. The molecule has 0 saturated carbocycles. The molecule has 0 spiro atoms. The highest BCUT2D eigenvalue weighted by Crippen LogP contribution is 2.22. The van der Waals surface area contributed by atoms with E-state index in [1.807, 2.05) is 25.3 Å². The van der Waals surface area contributed by atoms with E-state index in [0.29, 0.717) is 16.6 Å². The number of hydrogen-bond donors (Lipinski definition) is 1. The molecule has 5 heteroatoms. The zero-order chi connectivity index (χ0) is 14.5. The number of aromatic nitrogens is 1. The molecular weight excluding hydrogens is 295 g/mol. The number of hydrogen-bond acceptors (Lipinski definition) is 2. The van der Waals surface area contributed by atoms with E-state index in [1.165, 1.54) is 0 Å². The molecule has 0 atom stereocenters. The molecule has 0 aliphatic heterocycles. The van der Waals surface area contributed by atoms with E-state index in [4.69, 9.17) is 23.2 Å². The SMILES string of the molecule is CCCn1cc(NCc2ccc(Cl)c(Cl)c2)ccc1=O. The fourth-order valence-electron chi connectivity index (χ4n) is 1.91. The molecule has 1 aromatic carbocycles. The van der Waals surface area contributed by atoms with Crippen molar-refractivity contribution >= 4 is 28.9 Å². The molecule has 0 saturated heterocycles. The Kier molecular flexibility index (Phi) is 5.10. The van der Waals surface area contributed by atoms with Gasteiger partial charge >= 0.3 is 0 Å². The highest BCUT2D eigenvalue weighted by Gasteiger charge is 2.01. The van der Waals surface area contributed by atoms with E-state index >= 15 is 0 Å². The Morgan fingerprint density at radius 1 is 1.15 bits per heavy atom. The second kappa shape index (κ2) is 6.82. The van der Waals surface area contributed by atoms with Crippen molar-refractivity contribution < 1.29 is 0 Å². The second-order valence-corrected chi connectivity index (χ2v) is 5.37. The van der Waals surface area contributed by atoms with Gasteiger partial charge in [0.1, 0.15) is 0 Å². The van der Waals surface area contributed by atoms with Crippen LogP contribution in [0.15, 0.2) is 41.3 Å². The normalized spacial score (nSPS) is 10.6. The molecule has 2 rings (SSSR count). The lowest BCUT2D eigenvalue weighted by atomic mass is 10.2. The van der Waals surface area contributed by atoms with Crippen molar-refractivity contribution in [3.63, 3.8) is 0 Å². The average Bonchev–Trinajstić information content (AvgIpc) is 2.43. The third-order valence-corrected chi connectivity index (χ3v) is 3.67. The van der Waals surface area contributed by atoms with Gasteiger partial charge in [-0.1, -0.05) is 36.2 Å². The summed E-state index contributed by atoms with van der Waals surface area (Å²) in [7, 11) is 0. The number of halogens is 2. The highest BCUT2D eigenvalue weighted by atomic mass is 35.5. The van der Waals surface area contributed by atoms with Crippen LogP contribution in [0.2, 0.25) is 10.0 Å². The molecule has 3 nitrogen and oxygen atoms in total. The first kappa shape index (κ1) is 14.9. The monoisotopic (exact) mass is 310 g/mol. The molecule has 1 N–H and O–H groups in total. The van der Waals surface area contributed by atoms with Crippen molar-refractivity contribution in [2.24, 2.45) is 0 Å². The molecular formula is C15H16Cl2N2O. The van der Waals surface area contributed by atoms with Crippen LogP contribution in [0.1, 0.15) is 18.9 Å². The lowest BCUT2D eigenvalue weighted by Gasteiger charge is -2.10. The van der Waals surface area contributed by atoms with E-state index < -0.39 is 0 Å². The summed E-state index contributed by atoms with van der Waals surface area (Å²) in [6, 6.07) is 8.89. The molecule has 0 unspecified atom stereocenters. The summed E-state index contributed by atoms with van der Waals surface area (Å²) in [6.07, 6.45) is 2.76. The number of nitrogens with zero attached hydrogens (tertiary/aromatic N) is 1. The van der Waals surface area contributed by atoms with E-state index in [-0.39, 0.29) is 5.56 Å². The molecule has 0 amide bonds. The largest absolute Gasteiger partial charge is 0.380 e. The standard InChI is InChI=1S/C15H16Cl2N2O/c1-2-7-19-10-12(4-6-15(19)20)18-9-11-3-5-13(16)14(17)8-11/h3-6,8,10,18H,2,7,9H2,1H3. The van der Waals surface area contributed by atoms with Gasteiger partial charge in [-0.2, -0.15) is 0 Å². The second-order valence-electron chi connectivity index (χ2n) is 4.55. The van der Waals surface area contributed by atoms with Crippen molar-refractivity contribution in [3.8, 4) is 0 Å². The fraction of sp³-hybridized carbons (Fsp3) is 0.267. The summed E-state index contributed by atoms with van der Waals surface area (Å²) in [5.41, 5.74) is 1.96. The lowest BCUT2D eigenvalue weighted by Crippen LogP contribution is -2.18. The number of nitrogens with one attached hydrogen (secondary N) is 1. The van der Waals surface area contributed by atoms with Gasteiger partial charge in [-0.15, -0.1) is 0 Å². The molecule has 2 aromatic rings. The van der Waals surface area contributed by atoms with E-state index in [2.05, 4.69) is 5.32 Å². The van der Waals surface area contributed by atoms with Crippen LogP contribution in [0.4, 0.5) is 5.69 Å².